The van der Waals surface area contributed by atoms with E-state index in [-0.39, 0.29) is 16.9 Å². The molecule has 0 aliphatic heterocycles. The molecule has 1 aromatic carbocycles. The molecule has 0 spiro atoms. The molecule has 0 heterocycles. The van der Waals surface area contributed by atoms with E-state index in [1.54, 1.807) is 0 Å². The number of nitrogens with two attached hydrogens (primary N) is 1. The number of nitro benzene ring substituents is 1. The molecule has 0 aromatic heterocycles. The maximum absolute atomic E-state index is 10.5. The van der Waals surface area contributed by atoms with E-state index in [1.165, 1.54) is 19.1 Å². The van der Waals surface area contributed by atoms with Crippen LogP contribution in [0.3, 0.4) is 0 Å². The van der Waals surface area contributed by atoms with Crippen LogP contribution in [0.4, 0.5) is 11.4 Å². The van der Waals surface area contributed by atoms with Crippen molar-refractivity contribution in [3.8, 4) is 6.07 Å². The van der Waals surface area contributed by atoms with E-state index in [2.05, 4.69) is 0 Å². The molecule has 0 atom stereocenters. The summed E-state index contributed by atoms with van der Waals surface area (Å²) in [6.45, 7) is 1.51. The van der Waals surface area contributed by atoms with Gasteiger partial charge >= 0.3 is 0 Å². The highest BCUT2D eigenvalue weighted by Gasteiger charge is 2.17. The number of anilines is 1. The van der Waals surface area contributed by atoms with Crippen LogP contribution >= 0.6 is 0 Å². The fourth-order valence-electron chi connectivity index (χ4n) is 1.08. The number of nitriles is 1. The zero-order valence-corrected chi connectivity index (χ0v) is 6.94. The van der Waals surface area contributed by atoms with Crippen molar-refractivity contribution in [3.63, 3.8) is 0 Å². The molecule has 0 aliphatic carbocycles. The van der Waals surface area contributed by atoms with E-state index in [0.29, 0.717) is 5.56 Å². The van der Waals surface area contributed by atoms with Crippen molar-refractivity contribution in [2.24, 2.45) is 0 Å². The summed E-state index contributed by atoms with van der Waals surface area (Å²) in [6, 6.07) is 4.69. The summed E-state index contributed by atoms with van der Waals surface area (Å²) in [5, 5.41) is 19.1. The average Bonchev–Trinajstić information content (AvgIpc) is 2.04. The molecule has 0 bridgehead atoms. The molecule has 0 fully saturated rings. The molecular formula is C8H7N3O2. The van der Waals surface area contributed by atoms with Crippen LogP contribution in [0.25, 0.3) is 0 Å². The number of benzene rings is 1. The van der Waals surface area contributed by atoms with Gasteiger partial charge in [-0.2, -0.15) is 5.26 Å². The lowest BCUT2D eigenvalue weighted by Crippen LogP contribution is -1.99. The van der Waals surface area contributed by atoms with E-state index < -0.39 is 4.92 Å². The molecule has 0 saturated heterocycles. The van der Waals surface area contributed by atoms with Crippen LogP contribution < -0.4 is 5.73 Å². The number of rotatable bonds is 1. The quantitative estimate of drug-likeness (QED) is 0.398. The Kier molecular flexibility index (Phi) is 2.15. The van der Waals surface area contributed by atoms with Gasteiger partial charge in [0.15, 0.2) is 0 Å². The first-order valence-electron chi connectivity index (χ1n) is 3.51. The third kappa shape index (κ3) is 1.42. The van der Waals surface area contributed by atoms with E-state index in [1.807, 2.05) is 6.07 Å². The Morgan fingerprint density at radius 3 is 2.69 bits per heavy atom. The minimum absolute atomic E-state index is 0.0847. The Hall–Kier alpha value is -2.09. The second kappa shape index (κ2) is 3.11. The van der Waals surface area contributed by atoms with Crippen molar-refractivity contribution in [3.05, 3.63) is 33.4 Å². The molecule has 1 aromatic rings. The van der Waals surface area contributed by atoms with Crippen LogP contribution in [0.1, 0.15) is 11.1 Å². The second-order valence-electron chi connectivity index (χ2n) is 2.54. The summed E-state index contributed by atoms with van der Waals surface area (Å²) in [6.07, 6.45) is 0. The van der Waals surface area contributed by atoms with E-state index >= 15 is 0 Å². The highest BCUT2D eigenvalue weighted by Crippen LogP contribution is 2.27. The molecule has 0 amide bonds. The summed E-state index contributed by atoms with van der Waals surface area (Å²) < 4.78 is 0. The lowest BCUT2D eigenvalue weighted by molar-refractivity contribution is -0.384. The Labute approximate surface area is 74.5 Å². The van der Waals surface area contributed by atoms with Gasteiger partial charge < -0.3 is 5.73 Å². The van der Waals surface area contributed by atoms with Gasteiger partial charge in [0.2, 0.25) is 0 Å². The normalized spacial score (nSPS) is 9.23. The molecule has 66 valence electrons. The fourth-order valence-corrected chi connectivity index (χ4v) is 1.08. The summed E-state index contributed by atoms with van der Waals surface area (Å²) in [4.78, 5) is 9.95. The van der Waals surface area contributed by atoms with E-state index in [0.717, 1.165) is 0 Å². The highest BCUT2D eigenvalue weighted by atomic mass is 16.6. The van der Waals surface area contributed by atoms with E-state index in [9.17, 15) is 10.1 Å². The molecule has 13 heavy (non-hydrogen) atoms. The minimum atomic E-state index is -0.578. The molecule has 2 N–H and O–H groups in total. The topological polar surface area (TPSA) is 93.0 Å². The zero-order chi connectivity index (χ0) is 10.0. The fraction of sp³-hybridized carbons (Fsp3) is 0.125. The van der Waals surface area contributed by atoms with E-state index in [4.69, 9.17) is 11.0 Å². The summed E-state index contributed by atoms with van der Waals surface area (Å²) in [7, 11) is 0. The Morgan fingerprint density at radius 1 is 1.62 bits per heavy atom. The van der Waals surface area contributed by atoms with Crippen LogP contribution in [0, 0.1) is 28.4 Å². The number of hydrogen-bond donors (Lipinski definition) is 1. The van der Waals surface area contributed by atoms with Crippen LogP contribution in [0.5, 0.6) is 0 Å². The minimum Gasteiger partial charge on any atom is -0.393 e. The van der Waals surface area contributed by atoms with Crippen molar-refractivity contribution >= 4 is 11.4 Å². The maximum Gasteiger partial charge on any atom is 0.296 e. The molecule has 0 saturated carbocycles. The van der Waals surface area contributed by atoms with Crippen molar-refractivity contribution in [1.29, 1.82) is 5.26 Å². The van der Waals surface area contributed by atoms with Gasteiger partial charge in [0.1, 0.15) is 5.69 Å². The van der Waals surface area contributed by atoms with Gasteiger partial charge in [0.25, 0.3) is 5.69 Å². The van der Waals surface area contributed by atoms with Gasteiger partial charge in [-0.05, 0) is 19.1 Å². The first-order chi connectivity index (χ1) is 6.07. The van der Waals surface area contributed by atoms with Crippen molar-refractivity contribution in [2.45, 2.75) is 6.92 Å². The van der Waals surface area contributed by atoms with Crippen LogP contribution in [0.15, 0.2) is 12.1 Å². The smallest absolute Gasteiger partial charge is 0.296 e. The molecule has 0 unspecified atom stereocenters. The van der Waals surface area contributed by atoms with Gasteiger partial charge in [0, 0.05) is 5.56 Å². The predicted molar refractivity (Wildman–Crippen MR) is 47.0 cm³/mol. The second-order valence-corrected chi connectivity index (χ2v) is 2.54. The maximum atomic E-state index is 10.5. The van der Waals surface area contributed by atoms with Crippen LogP contribution in [-0.2, 0) is 0 Å². The van der Waals surface area contributed by atoms with Crippen LogP contribution in [-0.4, -0.2) is 4.92 Å². The average molecular weight is 177 g/mol. The number of nitrogens with zero attached hydrogens (tertiary/aromatic N) is 2. The summed E-state index contributed by atoms with van der Waals surface area (Å²) in [5.41, 5.74) is 5.89. The van der Waals surface area contributed by atoms with Gasteiger partial charge in [-0.25, -0.2) is 0 Å². The molecular weight excluding hydrogens is 170 g/mol. The number of hydrogen-bond acceptors (Lipinski definition) is 4. The summed E-state index contributed by atoms with van der Waals surface area (Å²) >= 11 is 0. The zero-order valence-electron chi connectivity index (χ0n) is 6.94. The van der Waals surface area contributed by atoms with Crippen molar-refractivity contribution in [2.75, 3.05) is 5.73 Å². The van der Waals surface area contributed by atoms with Gasteiger partial charge in [-0.1, -0.05) is 0 Å². The Balaban J connectivity index is 3.50. The molecule has 1 rings (SSSR count). The Bertz CT molecular complexity index is 407. The van der Waals surface area contributed by atoms with Crippen LogP contribution in [0.2, 0.25) is 0 Å². The lowest BCUT2D eigenvalue weighted by atomic mass is 10.1. The monoisotopic (exact) mass is 177 g/mol. The largest absolute Gasteiger partial charge is 0.393 e. The number of nitrogen functional groups attached to an aromatic ring is 1. The molecule has 5 heteroatoms. The van der Waals surface area contributed by atoms with Crippen molar-refractivity contribution in [1.82, 2.24) is 0 Å². The SMILES string of the molecule is Cc1c(C#N)ccc(N)c1[N+](=O)[O-]. The summed E-state index contributed by atoms with van der Waals surface area (Å²) in [5.74, 6) is 0. The third-order valence-corrected chi connectivity index (χ3v) is 1.77. The van der Waals surface area contributed by atoms with Crippen molar-refractivity contribution < 1.29 is 4.92 Å². The van der Waals surface area contributed by atoms with Gasteiger partial charge in [-0.3, -0.25) is 10.1 Å². The predicted octanol–water partition coefficient (Wildman–Crippen LogP) is 1.36. The molecule has 0 aliphatic rings. The lowest BCUT2D eigenvalue weighted by Gasteiger charge is -2.01. The first-order valence-corrected chi connectivity index (χ1v) is 3.51. The third-order valence-electron chi connectivity index (χ3n) is 1.77. The standard InChI is InChI=1S/C8H7N3O2/c1-5-6(4-9)2-3-7(10)8(5)11(12)13/h2-3H,10H2,1H3. The van der Waals surface area contributed by atoms with Gasteiger partial charge in [-0.15, -0.1) is 0 Å². The molecule has 0 radical (unpaired) electrons. The molecule has 5 nitrogen and oxygen atoms in total. The Morgan fingerprint density at radius 2 is 2.23 bits per heavy atom. The highest BCUT2D eigenvalue weighted by molar-refractivity contribution is 5.66. The first kappa shape index (κ1) is 9.00. The number of nitro groups is 1. The van der Waals surface area contributed by atoms with Gasteiger partial charge in [0.05, 0.1) is 16.6 Å².